The first-order valence-electron chi connectivity index (χ1n) is 9.21. The maximum Gasteiger partial charge on any atom is 0.234 e. The number of halogens is 1. The van der Waals surface area contributed by atoms with Crippen LogP contribution < -0.4 is 10.1 Å². The molecule has 0 spiro atoms. The minimum atomic E-state index is -0.126. The maximum absolute atomic E-state index is 12.4. The molecule has 8 heteroatoms. The molecule has 6 nitrogen and oxygen atoms in total. The van der Waals surface area contributed by atoms with Crippen molar-refractivity contribution < 1.29 is 9.53 Å². The van der Waals surface area contributed by atoms with E-state index in [0.717, 1.165) is 33.1 Å². The molecule has 0 unspecified atom stereocenters. The highest BCUT2D eigenvalue weighted by atomic mass is 35.5. The number of nitrogens with zero attached hydrogens (tertiary/aromatic N) is 3. The van der Waals surface area contributed by atoms with Crippen LogP contribution in [0.1, 0.15) is 5.56 Å². The van der Waals surface area contributed by atoms with Crippen LogP contribution in [-0.4, -0.2) is 33.4 Å². The van der Waals surface area contributed by atoms with E-state index in [4.69, 9.17) is 16.3 Å². The first-order chi connectivity index (χ1) is 14.5. The largest absolute Gasteiger partial charge is 0.497 e. The number of anilines is 1. The van der Waals surface area contributed by atoms with Crippen molar-refractivity contribution in [2.75, 3.05) is 18.2 Å². The number of rotatable bonds is 6. The minimum Gasteiger partial charge on any atom is -0.497 e. The van der Waals surface area contributed by atoms with Gasteiger partial charge < -0.3 is 10.1 Å². The molecular weight excluding hydrogens is 420 g/mol. The number of carbonyl (C=O) groups excluding carboxylic acids is 1. The van der Waals surface area contributed by atoms with Gasteiger partial charge in [-0.15, -0.1) is 0 Å². The van der Waals surface area contributed by atoms with Crippen LogP contribution in [0.25, 0.3) is 16.8 Å². The van der Waals surface area contributed by atoms with Gasteiger partial charge in [-0.1, -0.05) is 29.4 Å². The van der Waals surface area contributed by atoms with Gasteiger partial charge in [-0.3, -0.25) is 4.79 Å². The first kappa shape index (κ1) is 20.3. The van der Waals surface area contributed by atoms with Gasteiger partial charge in [-0.2, -0.15) is 5.10 Å². The normalized spacial score (nSPS) is 10.9. The summed E-state index contributed by atoms with van der Waals surface area (Å²) in [7, 11) is 1.64. The van der Waals surface area contributed by atoms with Gasteiger partial charge in [0, 0.05) is 28.7 Å². The van der Waals surface area contributed by atoms with E-state index >= 15 is 0 Å². The Labute approximate surface area is 183 Å². The van der Waals surface area contributed by atoms with Crippen molar-refractivity contribution in [1.82, 2.24) is 14.6 Å². The molecule has 0 aliphatic heterocycles. The van der Waals surface area contributed by atoms with Gasteiger partial charge in [-0.05, 0) is 55.0 Å². The fourth-order valence-electron chi connectivity index (χ4n) is 2.91. The quantitative estimate of drug-likeness (QED) is 0.424. The predicted octanol–water partition coefficient (Wildman–Crippen LogP) is 5.10. The average molecular weight is 439 g/mol. The van der Waals surface area contributed by atoms with Crippen molar-refractivity contribution in [3.05, 3.63) is 71.5 Å². The third kappa shape index (κ3) is 4.42. The van der Waals surface area contributed by atoms with Gasteiger partial charge in [0.15, 0.2) is 0 Å². The standard InChI is InChI=1S/C22H19ClN4O2S/c1-14-3-6-16(11-18(14)23)25-21(28)13-30-22-20-12-19(26-27(20)10-9-24-22)15-4-7-17(29-2)8-5-15/h3-12H,13H2,1-2H3,(H,25,28). The van der Waals surface area contributed by atoms with Crippen LogP contribution in [0.5, 0.6) is 5.75 Å². The van der Waals surface area contributed by atoms with E-state index < -0.39 is 0 Å². The number of thioether (sulfide) groups is 1. The van der Waals surface area contributed by atoms with E-state index in [1.807, 2.05) is 49.4 Å². The SMILES string of the molecule is COc1ccc(-c2cc3c(SCC(=O)Nc4ccc(C)c(Cl)c4)nccn3n2)cc1. The van der Waals surface area contributed by atoms with Gasteiger partial charge in [-0.25, -0.2) is 9.50 Å². The van der Waals surface area contributed by atoms with Crippen molar-refractivity contribution in [2.24, 2.45) is 0 Å². The Morgan fingerprint density at radius 2 is 2.00 bits per heavy atom. The Morgan fingerprint density at radius 1 is 1.20 bits per heavy atom. The summed E-state index contributed by atoms with van der Waals surface area (Å²) >= 11 is 7.48. The highest BCUT2D eigenvalue weighted by Crippen LogP contribution is 2.27. The number of hydrogen-bond donors (Lipinski definition) is 1. The summed E-state index contributed by atoms with van der Waals surface area (Å²) in [6.45, 7) is 1.92. The lowest BCUT2D eigenvalue weighted by molar-refractivity contribution is -0.113. The molecule has 0 aliphatic rings. The van der Waals surface area contributed by atoms with Gasteiger partial charge in [0.25, 0.3) is 0 Å². The molecule has 4 aromatic rings. The minimum absolute atomic E-state index is 0.126. The van der Waals surface area contributed by atoms with Crippen LogP contribution in [0.2, 0.25) is 5.02 Å². The number of hydrogen-bond acceptors (Lipinski definition) is 5. The highest BCUT2D eigenvalue weighted by molar-refractivity contribution is 8.00. The van der Waals surface area contributed by atoms with E-state index in [1.165, 1.54) is 11.8 Å². The molecule has 0 saturated carbocycles. The van der Waals surface area contributed by atoms with Gasteiger partial charge in [0.05, 0.1) is 24.1 Å². The summed E-state index contributed by atoms with van der Waals surface area (Å²) in [6.07, 6.45) is 3.47. The molecule has 0 radical (unpaired) electrons. The molecule has 0 saturated heterocycles. The lowest BCUT2D eigenvalue weighted by atomic mass is 10.1. The number of aromatic nitrogens is 3. The average Bonchev–Trinajstić information content (AvgIpc) is 3.20. The Kier molecular flexibility index (Phi) is 5.92. The van der Waals surface area contributed by atoms with Crippen LogP contribution in [0, 0.1) is 6.92 Å². The lowest BCUT2D eigenvalue weighted by Gasteiger charge is -2.07. The summed E-state index contributed by atoms with van der Waals surface area (Å²) in [5.74, 6) is 0.890. The highest BCUT2D eigenvalue weighted by Gasteiger charge is 2.12. The monoisotopic (exact) mass is 438 g/mol. The Hall–Kier alpha value is -3.03. The number of ether oxygens (including phenoxy) is 1. The summed E-state index contributed by atoms with van der Waals surface area (Å²) in [5, 5.41) is 8.84. The van der Waals surface area contributed by atoms with Crippen molar-refractivity contribution >= 4 is 40.5 Å². The zero-order valence-electron chi connectivity index (χ0n) is 16.4. The molecule has 0 atom stereocenters. The van der Waals surface area contributed by atoms with Crippen LogP contribution in [-0.2, 0) is 4.79 Å². The molecule has 30 heavy (non-hydrogen) atoms. The van der Waals surface area contributed by atoms with E-state index in [2.05, 4.69) is 15.4 Å². The van der Waals surface area contributed by atoms with Gasteiger partial charge >= 0.3 is 0 Å². The second-order valence-corrected chi connectivity index (χ2v) is 7.99. The third-order valence-corrected chi connectivity index (χ3v) is 5.94. The van der Waals surface area contributed by atoms with Crippen LogP contribution in [0.3, 0.4) is 0 Å². The summed E-state index contributed by atoms with van der Waals surface area (Å²) < 4.78 is 6.98. The maximum atomic E-state index is 12.4. The zero-order valence-corrected chi connectivity index (χ0v) is 18.0. The van der Waals surface area contributed by atoms with Gasteiger partial charge in [0.2, 0.25) is 5.91 Å². The van der Waals surface area contributed by atoms with Crippen molar-refractivity contribution in [1.29, 1.82) is 0 Å². The topological polar surface area (TPSA) is 68.5 Å². The molecule has 0 aliphatic carbocycles. The van der Waals surface area contributed by atoms with E-state index in [1.54, 1.807) is 30.1 Å². The first-order valence-corrected chi connectivity index (χ1v) is 10.6. The Balaban J connectivity index is 1.49. The second-order valence-electron chi connectivity index (χ2n) is 6.62. The molecular formula is C22H19ClN4O2S. The molecule has 2 aromatic carbocycles. The van der Waals surface area contributed by atoms with E-state index in [-0.39, 0.29) is 11.7 Å². The molecule has 1 amide bonds. The summed E-state index contributed by atoms with van der Waals surface area (Å²) in [6, 6.07) is 15.1. The number of benzene rings is 2. The molecule has 152 valence electrons. The fraction of sp³-hybridized carbons (Fsp3) is 0.136. The van der Waals surface area contributed by atoms with Crippen molar-refractivity contribution in [2.45, 2.75) is 11.9 Å². The number of nitrogens with one attached hydrogen (secondary N) is 1. The molecule has 0 bridgehead atoms. The molecule has 1 N–H and O–H groups in total. The molecule has 2 aromatic heterocycles. The smallest absolute Gasteiger partial charge is 0.234 e. The van der Waals surface area contributed by atoms with Crippen LogP contribution in [0.15, 0.2) is 66.0 Å². The Morgan fingerprint density at radius 3 is 2.73 bits per heavy atom. The third-order valence-electron chi connectivity index (χ3n) is 4.54. The second kappa shape index (κ2) is 8.77. The number of amides is 1. The van der Waals surface area contributed by atoms with Crippen LogP contribution >= 0.6 is 23.4 Å². The number of methoxy groups -OCH3 is 1. The molecule has 0 fully saturated rings. The number of carbonyl (C=O) groups is 1. The summed E-state index contributed by atoms with van der Waals surface area (Å²) in [4.78, 5) is 16.8. The number of fused-ring (bicyclic) bond motifs is 1. The van der Waals surface area contributed by atoms with Crippen molar-refractivity contribution in [3.63, 3.8) is 0 Å². The van der Waals surface area contributed by atoms with Crippen molar-refractivity contribution in [3.8, 4) is 17.0 Å². The fourth-order valence-corrected chi connectivity index (χ4v) is 3.87. The van der Waals surface area contributed by atoms with E-state index in [0.29, 0.717) is 10.7 Å². The number of aryl methyl sites for hydroxylation is 1. The predicted molar refractivity (Wildman–Crippen MR) is 121 cm³/mol. The zero-order chi connectivity index (χ0) is 21.1. The molecule has 4 rings (SSSR count). The lowest BCUT2D eigenvalue weighted by Crippen LogP contribution is -2.14. The Bertz CT molecular complexity index is 1210. The van der Waals surface area contributed by atoms with Gasteiger partial charge in [0.1, 0.15) is 10.8 Å². The molecule has 2 heterocycles. The van der Waals surface area contributed by atoms with Crippen LogP contribution in [0.4, 0.5) is 5.69 Å². The summed E-state index contributed by atoms with van der Waals surface area (Å²) in [5.41, 5.74) is 4.29. The van der Waals surface area contributed by atoms with E-state index in [9.17, 15) is 4.79 Å².